The molecule has 0 radical (unpaired) electrons. The summed E-state index contributed by atoms with van der Waals surface area (Å²) in [6.45, 7) is 2.84. The summed E-state index contributed by atoms with van der Waals surface area (Å²) >= 11 is 0. The number of carbonyl (C=O) groups is 1. The monoisotopic (exact) mass is 360 g/mol. The number of hydrogen-bond acceptors (Lipinski definition) is 3. The fourth-order valence-corrected chi connectivity index (χ4v) is 3.25. The first kappa shape index (κ1) is 17.5. The maximum Gasteiger partial charge on any atom is 0.273 e. The van der Waals surface area contributed by atoms with Crippen molar-refractivity contribution in [2.75, 3.05) is 11.9 Å². The van der Waals surface area contributed by atoms with Crippen molar-refractivity contribution in [1.29, 1.82) is 0 Å². The van der Waals surface area contributed by atoms with Crippen molar-refractivity contribution < 1.29 is 4.79 Å². The topological polar surface area (TPSA) is 69.8 Å². The minimum absolute atomic E-state index is 0.0341. The number of amides is 1. The molecule has 138 valence electrons. The van der Waals surface area contributed by atoms with Gasteiger partial charge in [-0.2, -0.15) is 5.10 Å². The van der Waals surface area contributed by atoms with Gasteiger partial charge >= 0.3 is 0 Å². The molecular weight excluding hydrogens is 336 g/mol. The normalized spacial score (nSPS) is 14.7. The second-order valence-electron chi connectivity index (χ2n) is 7.16. The zero-order valence-electron chi connectivity index (χ0n) is 15.4. The number of carbonyl (C=O) groups excluding carboxylic acids is 1. The van der Waals surface area contributed by atoms with Gasteiger partial charge in [0.2, 0.25) is 0 Å². The minimum atomic E-state index is -0.183. The lowest BCUT2D eigenvalue weighted by atomic mass is 9.96. The zero-order chi connectivity index (χ0) is 18.6. The largest absolute Gasteiger partial charge is 0.320 e. The molecule has 5 nitrogen and oxygen atoms in total. The number of aromatic amines is 1. The number of anilines is 1. The average molecular weight is 360 g/mol. The van der Waals surface area contributed by atoms with Crippen LogP contribution >= 0.6 is 0 Å². The molecule has 1 aromatic heterocycles. The molecule has 3 aromatic rings. The van der Waals surface area contributed by atoms with E-state index in [0.29, 0.717) is 5.69 Å². The third-order valence-corrected chi connectivity index (χ3v) is 4.91. The summed E-state index contributed by atoms with van der Waals surface area (Å²) in [7, 11) is 0. The molecule has 0 aliphatic heterocycles. The van der Waals surface area contributed by atoms with Crippen LogP contribution in [0.5, 0.6) is 0 Å². The highest BCUT2D eigenvalue weighted by Gasteiger charge is 2.24. The SMILES string of the molecule is Cc1cc(C(=O)Nc2ccccc2C(NCC2CC2)c2ccccc2)[nH]n1. The van der Waals surface area contributed by atoms with Crippen LogP contribution in [-0.2, 0) is 0 Å². The number of rotatable bonds is 7. The van der Waals surface area contributed by atoms with Crippen LogP contribution in [0, 0.1) is 12.8 Å². The fraction of sp³-hybridized carbons (Fsp3) is 0.273. The fourth-order valence-electron chi connectivity index (χ4n) is 3.25. The number of nitrogens with one attached hydrogen (secondary N) is 3. The number of aryl methyl sites for hydroxylation is 1. The van der Waals surface area contributed by atoms with Crippen LogP contribution < -0.4 is 10.6 Å². The molecular formula is C22H24N4O. The van der Waals surface area contributed by atoms with E-state index in [0.717, 1.165) is 29.4 Å². The maximum absolute atomic E-state index is 12.6. The number of aromatic nitrogens is 2. The first-order valence-corrected chi connectivity index (χ1v) is 9.41. The Morgan fingerprint density at radius 1 is 1.15 bits per heavy atom. The number of benzene rings is 2. The number of hydrogen-bond donors (Lipinski definition) is 3. The van der Waals surface area contributed by atoms with Crippen molar-refractivity contribution in [3.05, 3.63) is 83.2 Å². The van der Waals surface area contributed by atoms with Crippen molar-refractivity contribution in [3.63, 3.8) is 0 Å². The minimum Gasteiger partial charge on any atom is -0.320 e. The molecule has 1 aliphatic rings. The summed E-state index contributed by atoms with van der Waals surface area (Å²) in [5.74, 6) is 0.586. The van der Waals surface area contributed by atoms with Crippen LogP contribution in [0.2, 0.25) is 0 Å². The molecule has 0 spiro atoms. The highest BCUT2D eigenvalue weighted by molar-refractivity contribution is 6.03. The van der Waals surface area contributed by atoms with E-state index in [-0.39, 0.29) is 11.9 Å². The van der Waals surface area contributed by atoms with Crippen molar-refractivity contribution in [1.82, 2.24) is 15.5 Å². The van der Waals surface area contributed by atoms with Gasteiger partial charge in [-0.1, -0.05) is 48.5 Å². The van der Waals surface area contributed by atoms with Crippen LogP contribution in [0.15, 0.2) is 60.7 Å². The molecule has 1 amide bonds. The Bertz CT molecular complexity index is 915. The summed E-state index contributed by atoms with van der Waals surface area (Å²) in [5.41, 5.74) is 4.32. The Labute approximate surface area is 159 Å². The molecule has 1 unspecified atom stereocenters. The standard InChI is InChI=1S/C22H24N4O/c1-15-13-20(26-25-15)22(27)24-19-10-6-5-9-18(19)21(23-14-16-11-12-16)17-7-3-2-4-8-17/h2-10,13,16,21,23H,11-12,14H2,1H3,(H,24,27)(H,25,26). The summed E-state index contributed by atoms with van der Waals surface area (Å²) in [4.78, 5) is 12.6. The summed E-state index contributed by atoms with van der Waals surface area (Å²) in [6, 6.07) is 20.1. The lowest BCUT2D eigenvalue weighted by Gasteiger charge is -2.23. The molecule has 1 fully saturated rings. The van der Waals surface area contributed by atoms with E-state index < -0.39 is 0 Å². The van der Waals surface area contributed by atoms with E-state index in [4.69, 9.17) is 0 Å². The summed E-state index contributed by atoms with van der Waals surface area (Å²) in [6.07, 6.45) is 2.60. The second kappa shape index (κ2) is 7.76. The lowest BCUT2D eigenvalue weighted by molar-refractivity contribution is 0.102. The molecule has 1 heterocycles. The Morgan fingerprint density at radius 2 is 1.89 bits per heavy atom. The molecule has 1 aliphatic carbocycles. The smallest absolute Gasteiger partial charge is 0.273 e. The molecule has 2 aromatic carbocycles. The Morgan fingerprint density at radius 3 is 2.59 bits per heavy atom. The van der Waals surface area contributed by atoms with E-state index in [2.05, 4.69) is 51.2 Å². The van der Waals surface area contributed by atoms with Crippen LogP contribution in [0.4, 0.5) is 5.69 Å². The Kier molecular flexibility index (Phi) is 5.03. The van der Waals surface area contributed by atoms with E-state index in [9.17, 15) is 4.79 Å². The third kappa shape index (κ3) is 4.26. The maximum atomic E-state index is 12.6. The molecule has 3 N–H and O–H groups in total. The van der Waals surface area contributed by atoms with Gasteiger partial charge in [-0.05, 0) is 55.5 Å². The van der Waals surface area contributed by atoms with Crippen molar-refractivity contribution >= 4 is 11.6 Å². The first-order chi connectivity index (χ1) is 13.2. The van der Waals surface area contributed by atoms with E-state index in [1.165, 1.54) is 18.4 Å². The molecule has 0 bridgehead atoms. The van der Waals surface area contributed by atoms with Gasteiger partial charge in [0.15, 0.2) is 0 Å². The van der Waals surface area contributed by atoms with Crippen LogP contribution in [0.3, 0.4) is 0 Å². The molecule has 1 saturated carbocycles. The van der Waals surface area contributed by atoms with Crippen LogP contribution in [0.1, 0.15) is 46.2 Å². The van der Waals surface area contributed by atoms with Crippen molar-refractivity contribution in [2.24, 2.45) is 5.92 Å². The van der Waals surface area contributed by atoms with Gasteiger partial charge in [-0.15, -0.1) is 0 Å². The third-order valence-electron chi connectivity index (χ3n) is 4.91. The van der Waals surface area contributed by atoms with Crippen molar-refractivity contribution in [3.8, 4) is 0 Å². The van der Waals surface area contributed by atoms with Gasteiger partial charge in [-0.3, -0.25) is 9.89 Å². The summed E-state index contributed by atoms with van der Waals surface area (Å²) < 4.78 is 0. The van der Waals surface area contributed by atoms with Gasteiger partial charge < -0.3 is 10.6 Å². The molecule has 27 heavy (non-hydrogen) atoms. The van der Waals surface area contributed by atoms with E-state index in [1.807, 2.05) is 31.2 Å². The lowest BCUT2D eigenvalue weighted by Crippen LogP contribution is -2.26. The average Bonchev–Trinajstić information content (AvgIpc) is 3.42. The van der Waals surface area contributed by atoms with Crippen LogP contribution in [-0.4, -0.2) is 22.6 Å². The highest BCUT2D eigenvalue weighted by Crippen LogP contribution is 2.32. The highest BCUT2D eigenvalue weighted by atomic mass is 16.1. The van der Waals surface area contributed by atoms with Crippen LogP contribution in [0.25, 0.3) is 0 Å². The number of H-pyrrole nitrogens is 1. The van der Waals surface area contributed by atoms with E-state index in [1.54, 1.807) is 6.07 Å². The van der Waals surface area contributed by atoms with Gasteiger partial charge in [0.05, 0.1) is 11.7 Å². The first-order valence-electron chi connectivity index (χ1n) is 9.41. The molecule has 4 rings (SSSR count). The molecule has 0 saturated heterocycles. The Balaban J connectivity index is 1.62. The van der Waals surface area contributed by atoms with E-state index >= 15 is 0 Å². The van der Waals surface area contributed by atoms with Gasteiger partial charge in [0.25, 0.3) is 5.91 Å². The van der Waals surface area contributed by atoms with Gasteiger partial charge in [0.1, 0.15) is 5.69 Å². The second-order valence-corrected chi connectivity index (χ2v) is 7.16. The molecule has 5 heteroatoms. The number of nitrogens with zero attached hydrogens (tertiary/aromatic N) is 1. The summed E-state index contributed by atoms with van der Waals surface area (Å²) in [5, 5.41) is 13.6. The zero-order valence-corrected chi connectivity index (χ0v) is 15.4. The number of para-hydroxylation sites is 1. The van der Waals surface area contributed by atoms with Gasteiger partial charge in [-0.25, -0.2) is 0 Å². The van der Waals surface area contributed by atoms with Crippen molar-refractivity contribution in [2.45, 2.75) is 25.8 Å². The predicted octanol–water partition coefficient (Wildman–Crippen LogP) is 4.06. The molecule has 1 atom stereocenters. The Hall–Kier alpha value is -2.92. The predicted molar refractivity (Wildman–Crippen MR) is 107 cm³/mol. The quantitative estimate of drug-likeness (QED) is 0.595. The van der Waals surface area contributed by atoms with Gasteiger partial charge in [0, 0.05) is 5.69 Å².